The van der Waals surface area contributed by atoms with Crippen molar-refractivity contribution in [2.24, 2.45) is 0 Å². The Morgan fingerprint density at radius 1 is 1.43 bits per heavy atom. The van der Waals surface area contributed by atoms with Crippen LogP contribution >= 0.6 is 0 Å². The summed E-state index contributed by atoms with van der Waals surface area (Å²) in [5, 5.41) is 0. The van der Waals surface area contributed by atoms with E-state index in [4.69, 9.17) is 19.9 Å². The van der Waals surface area contributed by atoms with Gasteiger partial charge >= 0.3 is 0 Å². The van der Waals surface area contributed by atoms with Gasteiger partial charge in [-0.15, -0.1) is 0 Å². The first kappa shape index (κ1) is 16.0. The van der Waals surface area contributed by atoms with Crippen molar-refractivity contribution in [1.82, 2.24) is 4.72 Å². The monoisotopic (exact) mass is 316 g/mol. The lowest BCUT2D eigenvalue weighted by molar-refractivity contribution is -0.0120. The molecule has 3 N–H and O–H groups in total. The van der Waals surface area contributed by atoms with Gasteiger partial charge in [-0.1, -0.05) is 0 Å². The third-order valence-corrected chi connectivity index (χ3v) is 4.99. The minimum absolute atomic E-state index is 0.0889. The van der Waals surface area contributed by atoms with Gasteiger partial charge in [-0.05, 0) is 18.2 Å². The predicted octanol–water partition coefficient (Wildman–Crippen LogP) is 0.361. The van der Waals surface area contributed by atoms with Gasteiger partial charge < -0.3 is 19.9 Å². The largest absolute Gasteiger partial charge is 0.495 e. The fraction of sp³-hybridized carbons (Fsp3) is 0.538. The predicted molar refractivity (Wildman–Crippen MR) is 77.8 cm³/mol. The van der Waals surface area contributed by atoms with E-state index in [0.717, 1.165) is 0 Å². The summed E-state index contributed by atoms with van der Waals surface area (Å²) in [4.78, 5) is 0.0889. The average molecular weight is 316 g/mol. The first-order chi connectivity index (χ1) is 9.92. The summed E-state index contributed by atoms with van der Waals surface area (Å²) >= 11 is 0. The van der Waals surface area contributed by atoms with Crippen molar-refractivity contribution in [3.8, 4) is 5.75 Å². The summed E-state index contributed by atoms with van der Waals surface area (Å²) < 4.78 is 42.8. The molecule has 0 aliphatic carbocycles. The first-order valence-electron chi connectivity index (χ1n) is 6.48. The SMILES string of the molecule is COc1ccc(S(=O)(=O)NCC2(OC)CCOC2)cc1N. The fourth-order valence-corrected chi connectivity index (χ4v) is 3.30. The van der Waals surface area contributed by atoms with E-state index in [1.165, 1.54) is 25.3 Å². The van der Waals surface area contributed by atoms with Crippen LogP contribution in [0.15, 0.2) is 23.1 Å². The Morgan fingerprint density at radius 2 is 2.19 bits per heavy atom. The van der Waals surface area contributed by atoms with Gasteiger partial charge in [-0.2, -0.15) is 0 Å². The van der Waals surface area contributed by atoms with Gasteiger partial charge in [0.05, 0.1) is 24.3 Å². The van der Waals surface area contributed by atoms with Gasteiger partial charge in [-0.3, -0.25) is 0 Å². The molecule has 0 spiro atoms. The number of sulfonamides is 1. The second-order valence-electron chi connectivity index (χ2n) is 4.92. The molecule has 1 heterocycles. The zero-order valence-corrected chi connectivity index (χ0v) is 12.9. The molecule has 8 heteroatoms. The van der Waals surface area contributed by atoms with Crippen molar-refractivity contribution < 1.29 is 22.6 Å². The molecular weight excluding hydrogens is 296 g/mol. The molecule has 2 rings (SSSR count). The summed E-state index contributed by atoms with van der Waals surface area (Å²) in [6.07, 6.45) is 0.650. The Kier molecular flexibility index (Phi) is 4.72. The summed E-state index contributed by atoms with van der Waals surface area (Å²) in [6, 6.07) is 4.34. The molecule has 1 unspecified atom stereocenters. The van der Waals surface area contributed by atoms with Crippen molar-refractivity contribution in [2.75, 3.05) is 39.7 Å². The number of ether oxygens (including phenoxy) is 3. The van der Waals surface area contributed by atoms with Crippen LogP contribution in [-0.4, -0.2) is 48.0 Å². The van der Waals surface area contributed by atoms with Crippen LogP contribution in [0.25, 0.3) is 0 Å². The molecule has 0 bridgehead atoms. The van der Waals surface area contributed by atoms with Crippen LogP contribution < -0.4 is 15.2 Å². The van der Waals surface area contributed by atoms with Crippen LogP contribution in [0.4, 0.5) is 5.69 Å². The third kappa shape index (κ3) is 3.46. The Hall–Kier alpha value is -1.35. The summed E-state index contributed by atoms with van der Waals surface area (Å²) in [5.74, 6) is 0.437. The van der Waals surface area contributed by atoms with Crippen LogP contribution in [0.2, 0.25) is 0 Å². The number of nitrogens with one attached hydrogen (secondary N) is 1. The van der Waals surface area contributed by atoms with E-state index in [-0.39, 0.29) is 17.1 Å². The standard InChI is InChI=1S/C13H20N2O5S/c1-18-12-4-3-10(7-11(12)14)21(16,17)15-8-13(19-2)5-6-20-9-13/h3-4,7,15H,5-6,8-9,14H2,1-2H3. The quantitative estimate of drug-likeness (QED) is 0.735. The van der Waals surface area contributed by atoms with Crippen molar-refractivity contribution >= 4 is 15.7 Å². The van der Waals surface area contributed by atoms with E-state index in [0.29, 0.717) is 25.4 Å². The van der Waals surface area contributed by atoms with E-state index in [1.54, 1.807) is 7.11 Å². The molecule has 21 heavy (non-hydrogen) atoms. The number of nitrogen functional groups attached to an aromatic ring is 1. The van der Waals surface area contributed by atoms with E-state index in [2.05, 4.69) is 4.72 Å². The highest BCUT2D eigenvalue weighted by Crippen LogP contribution is 2.25. The molecule has 0 radical (unpaired) electrons. The third-order valence-electron chi connectivity index (χ3n) is 3.60. The molecule has 1 aliphatic heterocycles. The van der Waals surface area contributed by atoms with Crippen LogP contribution in [0.5, 0.6) is 5.75 Å². The van der Waals surface area contributed by atoms with E-state index < -0.39 is 15.6 Å². The fourth-order valence-electron chi connectivity index (χ4n) is 2.15. The molecule has 1 aliphatic rings. The van der Waals surface area contributed by atoms with Gasteiger partial charge in [0.2, 0.25) is 10.0 Å². The number of hydrogen-bond acceptors (Lipinski definition) is 6. The zero-order valence-electron chi connectivity index (χ0n) is 12.1. The van der Waals surface area contributed by atoms with Gasteiger partial charge in [0.15, 0.2) is 0 Å². The average Bonchev–Trinajstić information content (AvgIpc) is 2.95. The Bertz CT molecular complexity index is 597. The van der Waals surface area contributed by atoms with Gasteiger partial charge in [0.25, 0.3) is 0 Å². The number of hydrogen-bond donors (Lipinski definition) is 2. The Labute approximate surface area is 124 Å². The van der Waals surface area contributed by atoms with Gasteiger partial charge in [-0.25, -0.2) is 13.1 Å². The van der Waals surface area contributed by atoms with E-state index in [9.17, 15) is 8.42 Å². The minimum Gasteiger partial charge on any atom is -0.495 e. The molecule has 1 fully saturated rings. The van der Waals surface area contributed by atoms with Gasteiger partial charge in [0.1, 0.15) is 11.4 Å². The molecule has 1 atom stereocenters. The minimum atomic E-state index is -3.66. The van der Waals surface area contributed by atoms with Crippen LogP contribution in [-0.2, 0) is 19.5 Å². The number of methoxy groups -OCH3 is 2. The van der Waals surface area contributed by atoms with Crippen LogP contribution in [0.1, 0.15) is 6.42 Å². The van der Waals surface area contributed by atoms with Crippen molar-refractivity contribution in [1.29, 1.82) is 0 Å². The first-order valence-corrected chi connectivity index (χ1v) is 7.97. The van der Waals surface area contributed by atoms with Crippen molar-refractivity contribution in [3.63, 3.8) is 0 Å². The van der Waals surface area contributed by atoms with E-state index in [1.807, 2.05) is 0 Å². The molecule has 0 amide bonds. The molecule has 1 aromatic rings. The summed E-state index contributed by atoms with van der Waals surface area (Å²) in [6.45, 7) is 1.08. The number of benzene rings is 1. The lowest BCUT2D eigenvalue weighted by Crippen LogP contribution is -2.44. The lowest BCUT2D eigenvalue weighted by Gasteiger charge is -2.25. The topological polar surface area (TPSA) is 99.9 Å². The number of anilines is 1. The highest BCUT2D eigenvalue weighted by atomic mass is 32.2. The van der Waals surface area contributed by atoms with Crippen molar-refractivity contribution in [2.45, 2.75) is 16.9 Å². The maximum Gasteiger partial charge on any atom is 0.240 e. The molecule has 1 saturated heterocycles. The number of rotatable bonds is 6. The Morgan fingerprint density at radius 3 is 2.71 bits per heavy atom. The Balaban J connectivity index is 2.13. The maximum absolute atomic E-state index is 12.3. The van der Waals surface area contributed by atoms with Crippen LogP contribution in [0, 0.1) is 0 Å². The normalized spacial score (nSPS) is 22.4. The second kappa shape index (κ2) is 6.18. The summed E-state index contributed by atoms with van der Waals surface area (Å²) in [7, 11) is -0.642. The van der Waals surface area contributed by atoms with Gasteiger partial charge in [0, 0.05) is 26.7 Å². The zero-order chi connectivity index (χ0) is 15.5. The number of nitrogens with two attached hydrogens (primary N) is 1. The molecule has 0 aromatic heterocycles. The highest BCUT2D eigenvalue weighted by Gasteiger charge is 2.36. The smallest absolute Gasteiger partial charge is 0.240 e. The van der Waals surface area contributed by atoms with E-state index >= 15 is 0 Å². The summed E-state index contributed by atoms with van der Waals surface area (Å²) in [5.41, 5.74) is 5.40. The molecule has 118 valence electrons. The molecule has 0 saturated carbocycles. The molecule has 7 nitrogen and oxygen atoms in total. The van der Waals surface area contributed by atoms with Crippen LogP contribution in [0.3, 0.4) is 0 Å². The second-order valence-corrected chi connectivity index (χ2v) is 6.68. The highest BCUT2D eigenvalue weighted by molar-refractivity contribution is 7.89. The molecular formula is C13H20N2O5S. The maximum atomic E-state index is 12.3. The van der Waals surface area contributed by atoms with Crippen molar-refractivity contribution in [3.05, 3.63) is 18.2 Å². The molecule has 1 aromatic carbocycles. The lowest BCUT2D eigenvalue weighted by atomic mass is 10.0.